The highest BCUT2D eigenvalue weighted by molar-refractivity contribution is 5.81. The lowest BCUT2D eigenvalue weighted by atomic mass is 9.84. The summed E-state index contributed by atoms with van der Waals surface area (Å²) in [6, 6.07) is 5.86. The number of hydrogen-bond acceptors (Lipinski definition) is 3. The molecule has 1 aliphatic carbocycles. The van der Waals surface area contributed by atoms with Crippen molar-refractivity contribution in [1.82, 2.24) is 15.1 Å². The number of carbonyl (C=O) groups is 1. The van der Waals surface area contributed by atoms with Crippen LogP contribution in [0.2, 0.25) is 0 Å². The van der Waals surface area contributed by atoms with Gasteiger partial charge in [-0.3, -0.25) is 9.59 Å². The zero-order valence-electron chi connectivity index (χ0n) is 13.4. The molecule has 1 aliphatic rings. The Kier molecular flexibility index (Phi) is 4.78. The molecule has 0 unspecified atom stereocenters. The molecule has 0 saturated heterocycles. The summed E-state index contributed by atoms with van der Waals surface area (Å²) in [7, 11) is 0. The van der Waals surface area contributed by atoms with Gasteiger partial charge >= 0.3 is 6.18 Å². The minimum Gasteiger partial charge on any atom is -0.351 e. The van der Waals surface area contributed by atoms with E-state index in [2.05, 4.69) is 10.4 Å². The number of fused-ring (bicyclic) bond motifs is 1. The number of nitrogens with one attached hydrogen (secondary N) is 1. The average Bonchev–Trinajstić information content (AvgIpc) is 2.57. The maximum atomic E-state index is 13.1. The van der Waals surface area contributed by atoms with Gasteiger partial charge in [-0.2, -0.15) is 18.3 Å². The monoisotopic (exact) mass is 353 g/mol. The Bertz CT molecular complexity index is 832. The topological polar surface area (TPSA) is 64.0 Å². The molecule has 1 fully saturated rings. The number of benzene rings is 1. The molecule has 0 radical (unpaired) electrons. The summed E-state index contributed by atoms with van der Waals surface area (Å²) >= 11 is 0. The van der Waals surface area contributed by atoms with E-state index in [0.29, 0.717) is 23.6 Å². The van der Waals surface area contributed by atoms with Crippen molar-refractivity contribution < 1.29 is 18.0 Å². The largest absolute Gasteiger partial charge is 0.393 e. The van der Waals surface area contributed by atoms with Gasteiger partial charge in [0.25, 0.3) is 5.56 Å². The molecule has 3 rings (SSSR count). The Morgan fingerprint density at radius 1 is 1.24 bits per heavy atom. The van der Waals surface area contributed by atoms with Crippen LogP contribution >= 0.6 is 0 Å². The van der Waals surface area contributed by atoms with Crippen LogP contribution in [-0.4, -0.2) is 27.9 Å². The summed E-state index contributed by atoms with van der Waals surface area (Å²) in [5, 5.41) is 7.43. The standard InChI is InChI=1S/C17H18F3N3O2/c18-17(19,20)13-7-3-4-8-14(13)22-15(24)10-23-16(25)12-6-2-1-5-11(12)9-21-23/h1-2,5-6,9,13-14H,3-4,7-8,10H2,(H,22,24)/t13-,14+/m0/s1. The number of halogens is 3. The van der Waals surface area contributed by atoms with Gasteiger partial charge in [0, 0.05) is 11.4 Å². The van der Waals surface area contributed by atoms with Crippen LogP contribution < -0.4 is 10.9 Å². The average molecular weight is 353 g/mol. The minimum atomic E-state index is -4.34. The predicted octanol–water partition coefficient (Wildman–Crippen LogP) is 2.63. The van der Waals surface area contributed by atoms with E-state index in [1.54, 1.807) is 24.3 Å². The first-order valence-electron chi connectivity index (χ1n) is 8.17. The number of alkyl halides is 3. The summed E-state index contributed by atoms with van der Waals surface area (Å²) in [5.41, 5.74) is -0.440. The third-order valence-corrected chi connectivity index (χ3v) is 4.59. The molecule has 25 heavy (non-hydrogen) atoms. The number of rotatable bonds is 3. The van der Waals surface area contributed by atoms with Gasteiger partial charge in [-0.25, -0.2) is 4.68 Å². The number of nitrogens with zero attached hydrogens (tertiary/aromatic N) is 2. The van der Waals surface area contributed by atoms with Crippen LogP contribution in [-0.2, 0) is 11.3 Å². The fourth-order valence-electron chi connectivity index (χ4n) is 3.32. The third kappa shape index (κ3) is 3.83. The van der Waals surface area contributed by atoms with Crippen molar-refractivity contribution >= 4 is 16.7 Å². The molecule has 8 heteroatoms. The normalized spacial score (nSPS) is 21.2. The van der Waals surface area contributed by atoms with Crippen molar-refractivity contribution in [3.8, 4) is 0 Å². The van der Waals surface area contributed by atoms with Crippen LogP contribution in [0.4, 0.5) is 13.2 Å². The Balaban J connectivity index is 1.74. The van der Waals surface area contributed by atoms with E-state index in [-0.39, 0.29) is 12.8 Å². The van der Waals surface area contributed by atoms with Crippen LogP contribution in [0.3, 0.4) is 0 Å². The van der Waals surface area contributed by atoms with Crippen LogP contribution in [0.15, 0.2) is 35.3 Å². The van der Waals surface area contributed by atoms with E-state index in [9.17, 15) is 22.8 Å². The molecule has 134 valence electrons. The van der Waals surface area contributed by atoms with Crippen LogP contribution in [0, 0.1) is 5.92 Å². The van der Waals surface area contributed by atoms with Gasteiger partial charge < -0.3 is 5.32 Å². The lowest BCUT2D eigenvalue weighted by Crippen LogP contribution is -2.49. The molecule has 1 amide bonds. The molecule has 1 aromatic heterocycles. The second kappa shape index (κ2) is 6.85. The fraction of sp³-hybridized carbons (Fsp3) is 0.471. The quantitative estimate of drug-likeness (QED) is 0.923. The van der Waals surface area contributed by atoms with Gasteiger partial charge in [0.15, 0.2) is 0 Å². The van der Waals surface area contributed by atoms with E-state index in [1.807, 2.05) is 0 Å². The van der Waals surface area contributed by atoms with Crippen LogP contribution in [0.1, 0.15) is 25.7 Å². The van der Waals surface area contributed by atoms with E-state index < -0.39 is 36.1 Å². The Hall–Kier alpha value is -2.38. The van der Waals surface area contributed by atoms with Gasteiger partial charge in [0.1, 0.15) is 6.54 Å². The van der Waals surface area contributed by atoms with Gasteiger partial charge in [0.05, 0.1) is 17.5 Å². The molecule has 1 aromatic carbocycles. The summed E-state index contributed by atoms with van der Waals surface area (Å²) < 4.78 is 40.2. The van der Waals surface area contributed by atoms with Crippen molar-refractivity contribution in [3.05, 3.63) is 40.8 Å². The van der Waals surface area contributed by atoms with Gasteiger partial charge in [-0.05, 0) is 18.9 Å². The first-order valence-corrected chi connectivity index (χ1v) is 8.17. The predicted molar refractivity (Wildman–Crippen MR) is 85.9 cm³/mol. The molecular formula is C17H18F3N3O2. The molecule has 1 saturated carbocycles. The molecule has 0 aliphatic heterocycles. The fourth-order valence-corrected chi connectivity index (χ4v) is 3.32. The first kappa shape index (κ1) is 17.4. The van der Waals surface area contributed by atoms with Gasteiger partial charge in [-0.1, -0.05) is 31.0 Å². The molecule has 2 aromatic rings. The highest BCUT2D eigenvalue weighted by Gasteiger charge is 2.45. The minimum absolute atomic E-state index is 0.0165. The van der Waals surface area contributed by atoms with Crippen LogP contribution in [0.25, 0.3) is 10.8 Å². The van der Waals surface area contributed by atoms with Crippen molar-refractivity contribution in [3.63, 3.8) is 0 Å². The van der Waals surface area contributed by atoms with Crippen molar-refractivity contribution in [2.24, 2.45) is 5.92 Å². The summed E-state index contributed by atoms with van der Waals surface area (Å²) in [5.74, 6) is -2.17. The second-order valence-electron chi connectivity index (χ2n) is 6.30. The second-order valence-corrected chi connectivity index (χ2v) is 6.30. The molecule has 0 spiro atoms. The SMILES string of the molecule is O=C(Cn1ncc2ccccc2c1=O)N[C@@H]1CCCC[C@@H]1C(F)(F)F. The Morgan fingerprint density at radius 3 is 2.72 bits per heavy atom. The number of carbonyl (C=O) groups excluding carboxylic acids is 1. The maximum Gasteiger partial charge on any atom is 0.393 e. The summed E-state index contributed by atoms with van der Waals surface area (Å²) in [4.78, 5) is 24.5. The number of aromatic nitrogens is 2. The van der Waals surface area contributed by atoms with E-state index in [4.69, 9.17) is 0 Å². The van der Waals surface area contributed by atoms with Gasteiger partial charge in [0.2, 0.25) is 5.91 Å². The van der Waals surface area contributed by atoms with E-state index >= 15 is 0 Å². The molecule has 0 bridgehead atoms. The smallest absolute Gasteiger partial charge is 0.351 e. The zero-order valence-corrected chi connectivity index (χ0v) is 13.4. The third-order valence-electron chi connectivity index (χ3n) is 4.59. The first-order chi connectivity index (χ1) is 11.9. The zero-order chi connectivity index (χ0) is 18.0. The van der Waals surface area contributed by atoms with Gasteiger partial charge in [-0.15, -0.1) is 0 Å². The van der Waals surface area contributed by atoms with Crippen LogP contribution in [0.5, 0.6) is 0 Å². The highest BCUT2D eigenvalue weighted by Crippen LogP contribution is 2.37. The maximum absolute atomic E-state index is 13.1. The van der Waals surface area contributed by atoms with Crippen molar-refractivity contribution in [1.29, 1.82) is 0 Å². The Morgan fingerprint density at radius 2 is 1.96 bits per heavy atom. The molecule has 1 N–H and O–H groups in total. The molecular weight excluding hydrogens is 335 g/mol. The highest BCUT2D eigenvalue weighted by atomic mass is 19.4. The lowest BCUT2D eigenvalue weighted by molar-refractivity contribution is -0.189. The van der Waals surface area contributed by atoms with Crippen molar-refractivity contribution in [2.45, 2.75) is 44.4 Å². The number of hydrogen-bond donors (Lipinski definition) is 1. The van der Waals surface area contributed by atoms with Crippen molar-refractivity contribution in [2.75, 3.05) is 0 Å². The van der Waals surface area contributed by atoms with E-state index in [1.165, 1.54) is 6.20 Å². The lowest BCUT2D eigenvalue weighted by Gasteiger charge is -2.33. The molecule has 2 atom stereocenters. The van der Waals surface area contributed by atoms with E-state index in [0.717, 1.165) is 4.68 Å². The molecule has 5 nitrogen and oxygen atoms in total. The number of amides is 1. The Labute approximate surface area is 141 Å². The summed E-state index contributed by atoms with van der Waals surface area (Å²) in [6.07, 6.45) is -1.42. The molecule has 1 heterocycles. The summed E-state index contributed by atoms with van der Waals surface area (Å²) in [6.45, 7) is -0.398.